The van der Waals surface area contributed by atoms with Crippen molar-refractivity contribution < 1.29 is 4.39 Å². The smallest absolute Gasteiger partial charge is 0.191 e. The Balaban J connectivity index is 1.65. The van der Waals surface area contributed by atoms with Crippen LogP contribution in [-0.4, -0.2) is 50.1 Å². The number of aliphatic imine (C=N–C) groups is 1. The van der Waals surface area contributed by atoms with Gasteiger partial charge in [0.15, 0.2) is 5.96 Å². The molecule has 24 heavy (non-hydrogen) atoms. The first-order valence-corrected chi connectivity index (χ1v) is 9.27. The molecule has 1 aromatic carbocycles. The minimum Gasteiger partial charge on any atom is -0.357 e. The second-order valence-corrected chi connectivity index (χ2v) is 6.28. The van der Waals surface area contributed by atoms with Gasteiger partial charge < -0.3 is 15.5 Å². The minimum absolute atomic E-state index is 0.136. The van der Waals surface area contributed by atoms with E-state index in [-0.39, 0.29) is 5.82 Å². The van der Waals surface area contributed by atoms with Crippen molar-refractivity contribution in [2.24, 2.45) is 4.99 Å². The summed E-state index contributed by atoms with van der Waals surface area (Å²) < 4.78 is 13.6. The normalized spacial score (nSPS) is 15.7. The third kappa shape index (κ3) is 6.87. The number of nitrogens with zero attached hydrogens (tertiary/aromatic N) is 2. The lowest BCUT2D eigenvalue weighted by atomic mass is 10.1. The van der Waals surface area contributed by atoms with E-state index in [1.165, 1.54) is 45.0 Å². The largest absolute Gasteiger partial charge is 0.357 e. The van der Waals surface area contributed by atoms with Gasteiger partial charge in [0.25, 0.3) is 0 Å². The summed E-state index contributed by atoms with van der Waals surface area (Å²) in [7, 11) is 0. The maximum atomic E-state index is 13.6. The molecule has 0 unspecified atom stereocenters. The summed E-state index contributed by atoms with van der Waals surface area (Å²) in [6.45, 7) is 8.14. The number of nitrogens with one attached hydrogen (secondary N) is 2. The highest BCUT2D eigenvalue weighted by Gasteiger charge is 2.09. The Bertz CT molecular complexity index is 498. The molecule has 1 fully saturated rings. The third-order valence-electron chi connectivity index (χ3n) is 4.34. The van der Waals surface area contributed by atoms with Gasteiger partial charge in [-0.2, -0.15) is 0 Å². The summed E-state index contributed by atoms with van der Waals surface area (Å²) in [4.78, 5) is 7.16. The van der Waals surface area contributed by atoms with Crippen LogP contribution in [0.25, 0.3) is 0 Å². The standard InChI is InChI=1S/C19H31FN4/c1-2-21-19(22-12-5-6-14-24-15-7-8-16-24)23-13-11-17-9-3-4-10-18(17)20/h3-4,9-10H,2,5-8,11-16H2,1H3,(H2,21,22,23). The van der Waals surface area contributed by atoms with Gasteiger partial charge in [-0.05, 0) is 70.3 Å². The van der Waals surface area contributed by atoms with Gasteiger partial charge in [0.1, 0.15) is 5.82 Å². The zero-order chi connectivity index (χ0) is 17.0. The van der Waals surface area contributed by atoms with E-state index in [1.54, 1.807) is 6.07 Å². The van der Waals surface area contributed by atoms with Gasteiger partial charge >= 0.3 is 0 Å². The molecule has 1 aliphatic rings. The van der Waals surface area contributed by atoms with E-state index in [1.807, 2.05) is 12.1 Å². The topological polar surface area (TPSA) is 39.7 Å². The Kier molecular flexibility index (Phi) is 8.60. The first-order chi connectivity index (χ1) is 11.8. The number of hydrogen-bond acceptors (Lipinski definition) is 2. The predicted molar refractivity (Wildman–Crippen MR) is 99.0 cm³/mol. The van der Waals surface area contributed by atoms with Crippen LogP contribution in [0.1, 0.15) is 38.2 Å². The van der Waals surface area contributed by atoms with Crippen molar-refractivity contribution >= 4 is 5.96 Å². The van der Waals surface area contributed by atoms with Gasteiger partial charge in [-0.15, -0.1) is 0 Å². The average Bonchev–Trinajstić information content (AvgIpc) is 3.09. The zero-order valence-corrected chi connectivity index (χ0v) is 14.9. The van der Waals surface area contributed by atoms with Gasteiger partial charge in [0.05, 0.1) is 0 Å². The maximum Gasteiger partial charge on any atom is 0.191 e. The lowest BCUT2D eigenvalue weighted by Gasteiger charge is -2.14. The van der Waals surface area contributed by atoms with Crippen LogP contribution in [-0.2, 0) is 6.42 Å². The second kappa shape index (κ2) is 11.0. The van der Waals surface area contributed by atoms with Gasteiger partial charge in [-0.25, -0.2) is 4.39 Å². The molecule has 0 amide bonds. The first-order valence-electron chi connectivity index (χ1n) is 9.27. The van der Waals surface area contributed by atoms with Crippen molar-refractivity contribution in [2.75, 3.05) is 39.3 Å². The molecule has 2 rings (SSSR count). The molecule has 0 radical (unpaired) electrons. The fraction of sp³-hybridized carbons (Fsp3) is 0.632. The molecule has 0 saturated carbocycles. The minimum atomic E-state index is -0.136. The van der Waals surface area contributed by atoms with Crippen molar-refractivity contribution in [3.63, 3.8) is 0 Å². The molecule has 5 heteroatoms. The Morgan fingerprint density at radius 1 is 1.17 bits per heavy atom. The fourth-order valence-corrected chi connectivity index (χ4v) is 3.00. The quantitative estimate of drug-likeness (QED) is 0.414. The molecule has 0 spiro atoms. The molecule has 1 saturated heterocycles. The highest BCUT2D eigenvalue weighted by atomic mass is 19.1. The van der Waals surface area contributed by atoms with E-state index < -0.39 is 0 Å². The highest BCUT2D eigenvalue weighted by Crippen LogP contribution is 2.08. The first kappa shape index (κ1) is 18.7. The van der Waals surface area contributed by atoms with Crippen molar-refractivity contribution in [1.82, 2.24) is 15.5 Å². The monoisotopic (exact) mass is 334 g/mol. The summed E-state index contributed by atoms with van der Waals surface area (Å²) >= 11 is 0. The zero-order valence-electron chi connectivity index (χ0n) is 14.9. The van der Waals surface area contributed by atoms with Crippen LogP contribution in [0.2, 0.25) is 0 Å². The molecule has 4 nitrogen and oxygen atoms in total. The SMILES string of the molecule is CCNC(=NCCCCN1CCCC1)NCCc1ccccc1F. The van der Waals surface area contributed by atoms with Gasteiger partial charge in [0.2, 0.25) is 0 Å². The third-order valence-corrected chi connectivity index (χ3v) is 4.34. The predicted octanol–water partition coefficient (Wildman–Crippen LogP) is 2.80. The Morgan fingerprint density at radius 3 is 2.71 bits per heavy atom. The lowest BCUT2D eigenvalue weighted by molar-refractivity contribution is 0.331. The molecule has 0 atom stereocenters. The molecule has 1 aromatic rings. The van der Waals surface area contributed by atoms with Crippen LogP contribution in [0, 0.1) is 5.82 Å². The molecule has 0 bridgehead atoms. The molecular weight excluding hydrogens is 303 g/mol. The highest BCUT2D eigenvalue weighted by molar-refractivity contribution is 5.79. The Labute approximate surface area is 145 Å². The van der Waals surface area contributed by atoms with Crippen molar-refractivity contribution in [1.29, 1.82) is 0 Å². The van der Waals surface area contributed by atoms with E-state index in [4.69, 9.17) is 0 Å². The molecular formula is C19H31FN4. The number of unbranched alkanes of at least 4 members (excludes halogenated alkanes) is 1. The molecule has 1 heterocycles. The van der Waals surface area contributed by atoms with Crippen LogP contribution < -0.4 is 10.6 Å². The van der Waals surface area contributed by atoms with Crippen molar-refractivity contribution in [3.8, 4) is 0 Å². The average molecular weight is 334 g/mol. The van der Waals surface area contributed by atoms with E-state index in [0.29, 0.717) is 13.0 Å². The van der Waals surface area contributed by atoms with E-state index in [2.05, 4.69) is 27.4 Å². The molecule has 134 valence electrons. The van der Waals surface area contributed by atoms with Crippen molar-refractivity contribution in [2.45, 2.75) is 39.0 Å². The summed E-state index contributed by atoms with van der Waals surface area (Å²) in [5.41, 5.74) is 0.742. The molecule has 2 N–H and O–H groups in total. The van der Waals surface area contributed by atoms with Gasteiger partial charge in [-0.3, -0.25) is 4.99 Å². The molecule has 0 aromatic heterocycles. The number of halogens is 1. The van der Waals surface area contributed by atoms with Crippen LogP contribution in [0.3, 0.4) is 0 Å². The number of guanidine groups is 1. The van der Waals surface area contributed by atoms with Crippen molar-refractivity contribution in [3.05, 3.63) is 35.6 Å². The van der Waals surface area contributed by atoms with Crippen LogP contribution in [0.15, 0.2) is 29.3 Å². The lowest BCUT2D eigenvalue weighted by Crippen LogP contribution is -2.38. The molecule has 0 aliphatic carbocycles. The van der Waals surface area contributed by atoms with Gasteiger partial charge in [0, 0.05) is 19.6 Å². The molecule has 1 aliphatic heterocycles. The van der Waals surface area contributed by atoms with Gasteiger partial charge in [-0.1, -0.05) is 18.2 Å². The number of rotatable bonds is 9. The second-order valence-electron chi connectivity index (χ2n) is 6.28. The number of hydrogen-bond donors (Lipinski definition) is 2. The maximum absolute atomic E-state index is 13.6. The van der Waals surface area contributed by atoms with Crippen LogP contribution in [0.5, 0.6) is 0 Å². The summed E-state index contributed by atoms with van der Waals surface area (Å²) in [6.07, 6.45) is 5.69. The fourth-order valence-electron chi connectivity index (χ4n) is 3.00. The van der Waals surface area contributed by atoms with E-state index in [0.717, 1.165) is 31.0 Å². The van der Waals surface area contributed by atoms with E-state index >= 15 is 0 Å². The summed E-state index contributed by atoms with van der Waals surface area (Å²) in [5, 5.41) is 6.54. The summed E-state index contributed by atoms with van der Waals surface area (Å²) in [5.74, 6) is 0.693. The van der Waals surface area contributed by atoms with Crippen LogP contribution >= 0.6 is 0 Å². The van der Waals surface area contributed by atoms with E-state index in [9.17, 15) is 4.39 Å². The Morgan fingerprint density at radius 2 is 1.96 bits per heavy atom. The summed E-state index contributed by atoms with van der Waals surface area (Å²) in [6, 6.07) is 6.94. The number of benzene rings is 1. The van der Waals surface area contributed by atoms with Crippen LogP contribution in [0.4, 0.5) is 4.39 Å². The number of likely N-dealkylation sites (tertiary alicyclic amines) is 1. The Hall–Kier alpha value is -1.62.